The second kappa shape index (κ2) is 7.79. The molecule has 124 valence electrons. The molecule has 0 radical (unpaired) electrons. The van der Waals surface area contributed by atoms with Gasteiger partial charge in [-0.25, -0.2) is 0 Å². The maximum Gasteiger partial charge on any atom is 0.224 e. The van der Waals surface area contributed by atoms with Crippen LogP contribution in [0.2, 0.25) is 0 Å². The molecule has 0 saturated heterocycles. The average Bonchev–Trinajstić information content (AvgIpc) is 3.27. The van der Waals surface area contributed by atoms with Crippen molar-refractivity contribution in [3.8, 4) is 16.3 Å². The SMILES string of the molecule is COc1ccc(CC(=O)NCCn2ccc(-c3cccs3)n2)cc1. The molecule has 0 bridgehead atoms. The molecule has 0 aliphatic carbocycles. The molecule has 0 aliphatic rings. The fourth-order valence-electron chi connectivity index (χ4n) is 2.34. The highest BCUT2D eigenvalue weighted by molar-refractivity contribution is 7.13. The van der Waals surface area contributed by atoms with Gasteiger partial charge in [-0.05, 0) is 35.2 Å². The van der Waals surface area contributed by atoms with E-state index in [0.717, 1.165) is 21.9 Å². The summed E-state index contributed by atoms with van der Waals surface area (Å²) in [5.74, 6) is 0.796. The Morgan fingerprint density at radius 1 is 1.25 bits per heavy atom. The Morgan fingerprint density at radius 2 is 2.08 bits per heavy atom. The number of rotatable bonds is 7. The fourth-order valence-corrected chi connectivity index (χ4v) is 3.03. The summed E-state index contributed by atoms with van der Waals surface area (Å²) in [5, 5.41) is 9.47. The molecule has 1 aromatic carbocycles. The number of carbonyl (C=O) groups excluding carboxylic acids is 1. The van der Waals surface area contributed by atoms with Gasteiger partial charge in [0.1, 0.15) is 11.4 Å². The van der Waals surface area contributed by atoms with Gasteiger partial charge in [-0.2, -0.15) is 5.10 Å². The van der Waals surface area contributed by atoms with Gasteiger partial charge in [0.25, 0.3) is 0 Å². The number of amides is 1. The lowest BCUT2D eigenvalue weighted by Gasteiger charge is -2.06. The van der Waals surface area contributed by atoms with Crippen LogP contribution >= 0.6 is 11.3 Å². The molecule has 3 aromatic rings. The topological polar surface area (TPSA) is 56.1 Å². The third kappa shape index (κ3) is 4.23. The summed E-state index contributed by atoms with van der Waals surface area (Å²) in [6.07, 6.45) is 2.30. The van der Waals surface area contributed by atoms with Crippen LogP contribution in [0.1, 0.15) is 5.56 Å². The minimum absolute atomic E-state index is 0.00537. The van der Waals surface area contributed by atoms with Crippen molar-refractivity contribution >= 4 is 17.2 Å². The molecule has 24 heavy (non-hydrogen) atoms. The standard InChI is InChI=1S/C18H19N3O2S/c1-23-15-6-4-14(5-7-15)13-18(22)19-9-11-21-10-8-16(20-21)17-3-2-12-24-17/h2-8,10,12H,9,11,13H2,1H3,(H,19,22). The Bertz CT molecular complexity index is 779. The zero-order chi connectivity index (χ0) is 16.8. The molecule has 0 unspecified atom stereocenters. The molecule has 0 aliphatic heterocycles. The van der Waals surface area contributed by atoms with E-state index in [0.29, 0.717) is 19.5 Å². The molecule has 0 spiro atoms. The molecular weight excluding hydrogens is 322 g/mol. The van der Waals surface area contributed by atoms with Crippen molar-refractivity contribution in [3.05, 3.63) is 59.6 Å². The third-order valence-corrected chi connectivity index (χ3v) is 4.49. The highest BCUT2D eigenvalue weighted by Crippen LogP contribution is 2.22. The summed E-state index contributed by atoms with van der Waals surface area (Å²) in [6.45, 7) is 1.21. The molecular formula is C18H19N3O2S. The minimum Gasteiger partial charge on any atom is -0.497 e. The summed E-state index contributed by atoms with van der Waals surface area (Å²) in [4.78, 5) is 13.1. The number of thiophene rings is 1. The number of benzene rings is 1. The molecule has 1 N–H and O–H groups in total. The van der Waals surface area contributed by atoms with Crippen LogP contribution in [0.25, 0.3) is 10.6 Å². The van der Waals surface area contributed by atoms with Crippen LogP contribution < -0.4 is 10.1 Å². The smallest absolute Gasteiger partial charge is 0.224 e. The molecule has 1 amide bonds. The number of hydrogen-bond acceptors (Lipinski definition) is 4. The lowest BCUT2D eigenvalue weighted by Crippen LogP contribution is -2.28. The molecule has 0 saturated carbocycles. The van der Waals surface area contributed by atoms with Crippen molar-refractivity contribution in [2.24, 2.45) is 0 Å². The Morgan fingerprint density at radius 3 is 2.79 bits per heavy atom. The molecule has 2 heterocycles. The lowest BCUT2D eigenvalue weighted by molar-refractivity contribution is -0.120. The van der Waals surface area contributed by atoms with E-state index in [4.69, 9.17) is 4.74 Å². The average molecular weight is 341 g/mol. The van der Waals surface area contributed by atoms with E-state index in [9.17, 15) is 4.79 Å². The van der Waals surface area contributed by atoms with Crippen LogP contribution in [-0.4, -0.2) is 29.3 Å². The van der Waals surface area contributed by atoms with E-state index in [1.165, 1.54) is 0 Å². The van der Waals surface area contributed by atoms with Crippen LogP contribution in [0.3, 0.4) is 0 Å². The van der Waals surface area contributed by atoms with E-state index in [1.807, 2.05) is 58.7 Å². The maximum absolute atomic E-state index is 12.0. The quantitative estimate of drug-likeness (QED) is 0.719. The Hall–Kier alpha value is -2.60. The van der Waals surface area contributed by atoms with Crippen molar-refractivity contribution in [1.82, 2.24) is 15.1 Å². The van der Waals surface area contributed by atoms with E-state index in [-0.39, 0.29) is 5.91 Å². The third-order valence-electron chi connectivity index (χ3n) is 3.60. The Labute approximate surface area is 144 Å². The second-order valence-corrected chi connectivity index (χ2v) is 6.26. The number of hydrogen-bond donors (Lipinski definition) is 1. The Kier molecular flexibility index (Phi) is 5.28. The molecule has 0 fully saturated rings. The van der Waals surface area contributed by atoms with Crippen molar-refractivity contribution in [2.75, 3.05) is 13.7 Å². The number of nitrogens with zero attached hydrogens (tertiary/aromatic N) is 2. The van der Waals surface area contributed by atoms with Crippen molar-refractivity contribution in [3.63, 3.8) is 0 Å². The number of ether oxygens (including phenoxy) is 1. The van der Waals surface area contributed by atoms with Crippen LogP contribution in [0.4, 0.5) is 0 Å². The lowest BCUT2D eigenvalue weighted by atomic mass is 10.1. The van der Waals surface area contributed by atoms with E-state index >= 15 is 0 Å². The number of nitrogens with one attached hydrogen (secondary N) is 1. The summed E-state index contributed by atoms with van der Waals surface area (Å²) in [5.41, 5.74) is 1.93. The van der Waals surface area contributed by atoms with Gasteiger partial charge in [0.15, 0.2) is 0 Å². The first kappa shape index (κ1) is 16.3. The predicted molar refractivity (Wildman–Crippen MR) is 95.2 cm³/mol. The molecule has 3 rings (SSSR count). The highest BCUT2D eigenvalue weighted by atomic mass is 32.1. The van der Waals surface area contributed by atoms with Crippen LogP contribution in [0.5, 0.6) is 5.75 Å². The van der Waals surface area contributed by atoms with Gasteiger partial charge in [-0.3, -0.25) is 9.48 Å². The number of carbonyl (C=O) groups is 1. The highest BCUT2D eigenvalue weighted by Gasteiger charge is 2.05. The van der Waals surface area contributed by atoms with Crippen molar-refractivity contribution in [1.29, 1.82) is 0 Å². The number of aromatic nitrogens is 2. The van der Waals surface area contributed by atoms with Gasteiger partial charge in [0.2, 0.25) is 5.91 Å². The normalized spacial score (nSPS) is 10.5. The first-order chi connectivity index (χ1) is 11.7. The van der Waals surface area contributed by atoms with Gasteiger partial charge < -0.3 is 10.1 Å². The van der Waals surface area contributed by atoms with Crippen molar-refractivity contribution < 1.29 is 9.53 Å². The maximum atomic E-state index is 12.0. The van der Waals surface area contributed by atoms with Crippen LogP contribution in [-0.2, 0) is 17.8 Å². The molecule has 0 atom stereocenters. The van der Waals surface area contributed by atoms with E-state index < -0.39 is 0 Å². The zero-order valence-electron chi connectivity index (χ0n) is 13.4. The van der Waals surface area contributed by atoms with E-state index in [1.54, 1.807) is 18.4 Å². The minimum atomic E-state index is 0.00537. The fraction of sp³-hybridized carbons (Fsp3) is 0.222. The first-order valence-corrected chi connectivity index (χ1v) is 8.59. The predicted octanol–water partition coefficient (Wildman–Crippen LogP) is 2.98. The van der Waals surface area contributed by atoms with Gasteiger partial charge >= 0.3 is 0 Å². The van der Waals surface area contributed by atoms with Crippen LogP contribution in [0.15, 0.2) is 54.0 Å². The van der Waals surface area contributed by atoms with E-state index in [2.05, 4.69) is 10.4 Å². The molecule has 5 nitrogen and oxygen atoms in total. The van der Waals surface area contributed by atoms with Gasteiger partial charge in [0.05, 0.1) is 25.0 Å². The second-order valence-electron chi connectivity index (χ2n) is 5.32. The Balaban J connectivity index is 1.45. The largest absolute Gasteiger partial charge is 0.497 e. The van der Waals surface area contributed by atoms with Gasteiger partial charge in [-0.1, -0.05) is 18.2 Å². The first-order valence-electron chi connectivity index (χ1n) is 7.71. The summed E-state index contributed by atoms with van der Waals surface area (Å²) < 4.78 is 6.96. The summed E-state index contributed by atoms with van der Waals surface area (Å²) in [7, 11) is 1.63. The van der Waals surface area contributed by atoms with Gasteiger partial charge in [-0.15, -0.1) is 11.3 Å². The van der Waals surface area contributed by atoms with Crippen LogP contribution in [0, 0.1) is 0 Å². The van der Waals surface area contributed by atoms with Gasteiger partial charge in [0, 0.05) is 12.7 Å². The molecule has 6 heteroatoms. The monoisotopic (exact) mass is 341 g/mol. The summed E-state index contributed by atoms with van der Waals surface area (Å²) in [6, 6.07) is 13.6. The molecule has 2 aromatic heterocycles. The number of methoxy groups -OCH3 is 1. The zero-order valence-corrected chi connectivity index (χ0v) is 14.3. The van der Waals surface area contributed by atoms with Crippen molar-refractivity contribution in [2.45, 2.75) is 13.0 Å². The summed E-state index contributed by atoms with van der Waals surface area (Å²) >= 11 is 1.67.